The van der Waals surface area contributed by atoms with Crippen LogP contribution in [0, 0.1) is 11.3 Å². The van der Waals surface area contributed by atoms with E-state index in [1.807, 2.05) is 36.4 Å². The van der Waals surface area contributed by atoms with E-state index in [-0.39, 0.29) is 12.5 Å². The second kappa shape index (κ2) is 9.05. The van der Waals surface area contributed by atoms with E-state index in [9.17, 15) is 4.79 Å². The summed E-state index contributed by atoms with van der Waals surface area (Å²) in [6.07, 6.45) is 0. The molecule has 0 saturated carbocycles. The van der Waals surface area contributed by atoms with Crippen molar-refractivity contribution in [3.8, 4) is 29.0 Å². The van der Waals surface area contributed by atoms with E-state index in [2.05, 4.69) is 20.7 Å². The van der Waals surface area contributed by atoms with Crippen LogP contribution in [0.25, 0.3) is 11.4 Å². The summed E-state index contributed by atoms with van der Waals surface area (Å²) in [4.78, 5) is 13.2. The van der Waals surface area contributed by atoms with Crippen LogP contribution in [0.1, 0.15) is 19.4 Å². The van der Waals surface area contributed by atoms with E-state index in [4.69, 9.17) is 14.7 Å². The lowest BCUT2D eigenvalue weighted by atomic mass is 10.1. The lowest BCUT2D eigenvalue weighted by Crippen LogP contribution is -2.43. The van der Waals surface area contributed by atoms with Crippen molar-refractivity contribution in [3.63, 3.8) is 0 Å². The number of tetrazole rings is 1. The van der Waals surface area contributed by atoms with Crippen LogP contribution in [-0.2, 0) is 17.9 Å². The van der Waals surface area contributed by atoms with E-state index in [0.29, 0.717) is 29.5 Å². The topological polar surface area (TPSA) is 115 Å². The second-order valence-electron chi connectivity index (χ2n) is 7.07. The third kappa shape index (κ3) is 5.32. The van der Waals surface area contributed by atoms with Crippen molar-refractivity contribution in [1.82, 2.24) is 25.5 Å². The molecular formula is C21H22N6O3. The molecule has 0 aliphatic rings. The smallest absolute Gasteiger partial charge is 0.244 e. The highest BCUT2D eigenvalue weighted by Crippen LogP contribution is 2.31. The monoisotopic (exact) mass is 406 g/mol. The standard InChI is InChI=1S/C21H22N6O3/c1-21(2,14-22)23-19(28)12-27-25-20(24-26-27)16-9-10-17(18(11-16)29-3)30-13-15-7-5-4-6-8-15/h4-11H,12-13H2,1-3H3,(H,23,28). The minimum Gasteiger partial charge on any atom is -0.493 e. The molecule has 3 aromatic rings. The molecule has 9 heteroatoms. The fraction of sp³-hybridized carbons (Fsp3) is 0.286. The molecule has 1 N–H and O–H groups in total. The molecule has 0 atom stereocenters. The summed E-state index contributed by atoms with van der Waals surface area (Å²) in [5.74, 6) is 1.09. The molecule has 0 radical (unpaired) electrons. The lowest BCUT2D eigenvalue weighted by molar-refractivity contribution is -0.123. The van der Waals surface area contributed by atoms with Gasteiger partial charge in [0.25, 0.3) is 0 Å². The first kappa shape index (κ1) is 20.8. The molecule has 9 nitrogen and oxygen atoms in total. The highest BCUT2D eigenvalue weighted by molar-refractivity contribution is 5.76. The maximum absolute atomic E-state index is 12.0. The van der Waals surface area contributed by atoms with Crippen molar-refractivity contribution in [2.24, 2.45) is 0 Å². The Morgan fingerprint density at radius 3 is 2.67 bits per heavy atom. The first-order valence-electron chi connectivity index (χ1n) is 9.25. The molecule has 154 valence electrons. The number of amides is 1. The minimum atomic E-state index is -0.969. The molecular weight excluding hydrogens is 384 g/mol. The van der Waals surface area contributed by atoms with Crippen LogP contribution >= 0.6 is 0 Å². The summed E-state index contributed by atoms with van der Waals surface area (Å²) in [5, 5.41) is 23.7. The van der Waals surface area contributed by atoms with Crippen LogP contribution in [0.15, 0.2) is 48.5 Å². The molecule has 0 unspecified atom stereocenters. The van der Waals surface area contributed by atoms with Crippen LogP contribution in [0.5, 0.6) is 11.5 Å². The number of carbonyl (C=O) groups is 1. The molecule has 0 fully saturated rings. The Kier molecular flexibility index (Phi) is 6.27. The molecule has 0 spiro atoms. The van der Waals surface area contributed by atoms with Gasteiger partial charge in [0.2, 0.25) is 11.7 Å². The SMILES string of the molecule is COc1cc(-c2nnn(CC(=O)NC(C)(C)C#N)n2)ccc1OCc1ccccc1. The summed E-state index contributed by atoms with van der Waals surface area (Å²) < 4.78 is 11.3. The van der Waals surface area contributed by atoms with Gasteiger partial charge < -0.3 is 14.8 Å². The Balaban J connectivity index is 1.69. The zero-order chi connectivity index (χ0) is 21.6. The molecule has 0 aliphatic heterocycles. The third-order valence-electron chi connectivity index (χ3n) is 4.13. The molecule has 0 bridgehead atoms. The Morgan fingerprint density at radius 2 is 1.97 bits per heavy atom. The number of hydrogen-bond acceptors (Lipinski definition) is 7. The van der Waals surface area contributed by atoms with Crippen molar-refractivity contribution < 1.29 is 14.3 Å². The van der Waals surface area contributed by atoms with Gasteiger partial charge in [-0.05, 0) is 42.8 Å². The van der Waals surface area contributed by atoms with E-state index >= 15 is 0 Å². The number of carbonyl (C=O) groups excluding carboxylic acids is 1. The Labute approximate surface area is 174 Å². The maximum Gasteiger partial charge on any atom is 0.244 e. The van der Waals surface area contributed by atoms with Crippen LogP contribution in [0.2, 0.25) is 0 Å². The van der Waals surface area contributed by atoms with E-state index < -0.39 is 5.54 Å². The molecule has 0 aliphatic carbocycles. The highest BCUT2D eigenvalue weighted by Gasteiger charge is 2.20. The Hall–Kier alpha value is -3.93. The van der Waals surface area contributed by atoms with Gasteiger partial charge in [-0.3, -0.25) is 4.79 Å². The van der Waals surface area contributed by atoms with Crippen molar-refractivity contribution in [3.05, 3.63) is 54.1 Å². The van der Waals surface area contributed by atoms with Gasteiger partial charge in [0.15, 0.2) is 11.5 Å². The molecule has 30 heavy (non-hydrogen) atoms. The predicted molar refractivity (Wildman–Crippen MR) is 108 cm³/mol. The molecule has 2 aromatic carbocycles. The van der Waals surface area contributed by atoms with Crippen molar-refractivity contribution in [1.29, 1.82) is 5.26 Å². The normalized spacial score (nSPS) is 10.9. The molecule has 1 heterocycles. The van der Waals surface area contributed by atoms with Gasteiger partial charge in [-0.25, -0.2) is 0 Å². The van der Waals surface area contributed by atoms with Crippen LogP contribution in [0.4, 0.5) is 0 Å². The van der Waals surface area contributed by atoms with Crippen LogP contribution in [-0.4, -0.2) is 38.8 Å². The van der Waals surface area contributed by atoms with Crippen molar-refractivity contribution >= 4 is 5.91 Å². The van der Waals surface area contributed by atoms with Gasteiger partial charge in [0, 0.05) is 5.56 Å². The van der Waals surface area contributed by atoms with Gasteiger partial charge >= 0.3 is 0 Å². The quantitative estimate of drug-likeness (QED) is 0.610. The van der Waals surface area contributed by atoms with Crippen molar-refractivity contribution in [2.45, 2.75) is 32.5 Å². The van der Waals surface area contributed by atoms with Gasteiger partial charge in [-0.1, -0.05) is 30.3 Å². The Morgan fingerprint density at radius 1 is 1.20 bits per heavy atom. The van der Waals surface area contributed by atoms with Crippen LogP contribution < -0.4 is 14.8 Å². The first-order valence-corrected chi connectivity index (χ1v) is 9.25. The zero-order valence-electron chi connectivity index (χ0n) is 17.0. The first-order chi connectivity index (χ1) is 14.4. The molecule has 0 saturated heterocycles. The van der Waals surface area contributed by atoms with E-state index in [0.717, 1.165) is 5.56 Å². The number of benzene rings is 2. The Bertz CT molecular complexity index is 1060. The number of ether oxygens (including phenoxy) is 2. The van der Waals surface area contributed by atoms with E-state index in [1.165, 1.54) is 4.80 Å². The summed E-state index contributed by atoms with van der Waals surface area (Å²) in [7, 11) is 1.56. The number of nitrogens with one attached hydrogen (secondary N) is 1. The largest absolute Gasteiger partial charge is 0.493 e. The number of methoxy groups -OCH3 is 1. The summed E-state index contributed by atoms with van der Waals surface area (Å²) in [6.45, 7) is 3.49. The second-order valence-corrected chi connectivity index (χ2v) is 7.07. The minimum absolute atomic E-state index is 0.145. The number of nitriles is 1. The van der Waals surface area contributed by atoms with Crippen molar-refractivity contribution in [2.75, 3.05) is 7.11 Å². The fourth-order valence-electron chi connectivity index (χ4n) is 2.63. The number of rotatable bonds is 8. The van der Waals surface area contributed by atoms with Gasteiger partial charge in [-0.2, -0.15) is 10.1 Å². The average molecular weight is 406 g/mol. The summed E-state index contributed by atoms with van der Waals surface area (Å²) >= 11 is 0. The number of hydrogen-bond donors (Lipinski definition) is 1. The zero-order valence-corrected chi connectivity index (χ0v) is 17.0. The van der Waals surface area contributed by atoms with Crippen LogP contribution in [0.3, 0.4) is 0 Å². The van der Waals surface area contributed by atoms with E-state index in [1.54, 1.807) is 39.2 Å². The number of aromatic nitrogens is 4. The fourth-order valence-corrected chi connectivity index (χ4v) is 2.63. The summed E-state index contributed by atoms with van der Waals surface area (Å²) in [6, 6.07) is 17.2. The van der Waals surface area contributed by atoms with Gasteiger partial charge in [0.1, 0.15) is 18.7 Å². The predicted octanol–water partition coefficient (Wildman–Crippen LogP) is 2.35. The molecule has 1 amide bonds. The molecule has 1 aromatic heterocycles. The van der Waals surface area contributed by atoms with Gasteiger partial charge in [-0.15, -0.1) is 10.2 Å². The molecule has 3 rings (SSSR count). The number of nitrogens with zero attached hydrogens (tertiary/aromatic N) is 5. The maximum atomic E-state index is 12.0. The lowest BCUT2D eigenvalue weighted by Gasteiger charge is -2.16. The average Bonchev–Trinajstić information content (AvgIpc) is 3.20. The third-order valence-corrected chi connectivity index (χ3v) is 4.13. The summed E-state index contributed by atoms with van der Waals surface area (Å²) in [5.41, 5.74) is 0.748. The highest BCUT2D eigenvalue weighted by atomic mass is 16.5. The van der Waals surface area contributed by atoms with Gasteiger partial charge in [0.05, 0.1) is 13.2 Å².